The van der Waals surface area contributed by atoms with Crippen molar-refractivity contribution in [2.45, 2.75) is 13.3 Å². The summed E-state index contributed by atoms with van der Waals surface area (Å²) in [6, 6.07) is 10.6. The molecular weight excluding hydrogens is 268 g/mol. The van der Waals surface area contributed by atoms with Crippen LogP contribution in [0.5, 0.6) is 0 Å². The Bertz CT molecular complexity index is 624. The Labute approximate surface area is 122 Å². The molecule has 0 bridgehead atoms. The predicted octanol–water partition coefficient (Wildman–Crippen LogP) is 2.51. The van der Waals surface area contributed by atoms with Gasteiger partial charge in [-0.2, -0.15) is 0 Å². The van der Waals surface area contributed by atoms with Gasteiger partial charge >= 0.3 is 5.97 Å². The predicted molar refractivity (Wildman–Crippen MR) is 79.3 cm³/mol. The molecule has 1 heterocycles. The van der Waals surface area contributed by atoms with E-state index in [0.29, 0.717) is 11.3 Å². The molecular formula is C16H16N2O3. The van der Waals surface area contributed by atoms with Crippen LogP contribution < -0.4 is 4.90 Å². The maximum Gasteiger partial charge on any atom is 0.305 e. The first-order valence-corrected chi connectivity index (χ1v) is 6.58. The zero-order valence-electron chi connectivity index (χ0n) is 11.7. The highest BCUT2D eigenvalue weighted by molar-refractivity contribution is 6.06. The number of pyridine rings is 1. The first-order valence-electron chi connectivity index (χ1n) is 6.58. The first-order chi connectivity index (χ1) is 10.1. The molecule has 0 saturated carbocycles. The molecule has 0 aliphatic heterocycles. The lowest BCUT2D eigenvalue weighted by molar-refractivity contribution is -0.136. The highest BCUT2D eigenvalue weighted by Crippen LogP contribution is 2.18. The van der Waals surface area contributed by atoms with Gasteiger partial charge in [0.15, 0.2) is 0 Å². The molecule has 0 fully saturated rings. The Morgan fingerprint density at radius 3 is 2.29 bits per heavy atom. The van der Waals surface area contributed by atoms with Gasteiger partial charge in [-0.05, 0) is 31.2 Å². The van der Waals surface area contributed by atoms with E-state index in [9.17, 15) is 9.59 Å². The Balaban J connectivity index is 2.29. The monoisotopic (exact) mass is 284 g/mol. The number of rotatable bonds is 5. The summed E-state index contributed by atoms with van der Waals surface area (Å²) in [5, 5.41) is 8.86. The van der Waals surface area contributed by atoms with Gasteiger partial charge in [0, 0.05) is 30.2 Å². The largest absolute Gasteiger partial charge is 0.481 e. The number of carboxylic acids is 1. The first kappa shape index (κ1) is 14.7. The summed E-state index contributed by atoms with van der Waals surface area (Å²) in [7, 11) is 0. The molecule has 0 atom stereocenters. The van der Waals surface area contributed by atoms with Crippen molar-refractivity contribution in [2.24, 2.45) is 0 Å². The van der Waals surface area contributed by atoms with Crippen LogP contribution in [-0.4, -0.2) is 28.5 Å². The SMILES string of the molecule is Cc1ccc(N(CCC(=O)O)C(=O)c2ccncc2)cc1. The number of nitrogens with zero attached hydrogens (tertiary/aromatic N) is 2. The molecule has 108 valence electrons. The van der Waals surface area contributed by atoms with Gasteiger partial charge in [0.25, 0.3) is 5.91 Å². The van der Waals surface area contributed by atoms with Gasteiger partial charge in [-0.25, -0.2) is 0 Å². The number of carbonyl (C=O) groups is 2. The van der Waals surface area contributed by atoms with Gasteiger partial charge in [-0.1, -0.05) is 17.7 Å². The van der Waals surface area contributed by atoms with Gasteiger partial charge in [0.05, 0.1) is 6.42 Å². The van der Waals surface area contributed by atoms with Gasteiger partial charge in [0.2, 0.25) is 0 Å². The summed E-state index contributed by atoms with van der Waals surface area (Å²) in [5.41, 5.74) is 2.24. The second-order valence-corrected chi connectivity index (χ2v) is 4.67. The molecule has 21 heavy (non-hydrogen) atoms. The third-order valence-corrected chi connectivity index (χ3v) is 3.07. The average Bonchev–Trinajstić information content (AvgIpc) is 2.49. The second-order valence-electron chi connectivity index (χ2n) is 4.67. The van der Waals surface area contributed by atoms with E-state index in [2.05, 4.69) is 4.98 Å². The summed E-state index contributed by atoms with van der Waals surface area (Å²) in [6.07, 6.45) is 2.97. The van der Waals surface area contributed by atoms with E-state index in [-0.39, 0.29) is 18.9 Å². The van der Waals surface area contributed by atoms with Crippen LogP contribution in [0.1, 0.15) is 22.3 Å². The minimum Gasteiger partial charge on any atom is -0.481 e. The molecule has 1 aromatic heterocycles. The van der Waals surface area contributed by atoms with Crippen molar-refractivity contribution in [3.8, 4) is 0 Å². The van der Waals surface area contributed by atoms with Crippen LogP contribution in [0.15, 0.2) is 48.8 Å². The molecule has 0 radical (unpaired) electrons. The van der Waals surface area contributed by atoms with E-state index in [1.165, 1.54) is 17.3 Å². The fraction of sp³-hybridized carbons (Fsp3) is 0.188. The molecule has 1 N–H and O–H groups in total. The zero-order chi connectivity index (χ0) is 15.2. The molecule has 0 unspecified atom stereocenters. The fourth-order valence-corrected chi connectivity index (χ4v) is 1.93. The Hall–Kier alpha value is -2.69. The normalized spacial score (nSPS) is 10.1. The fourth-order valence-electron chi connectivity index (χ4n) is 1.93. The van der Waals surface area contributed by atoms with Gasteiger partial charge in [0.1, 0.15) is 0 Å². The number of aryl methyl sites for hydroxylation is 1. The lowest BCUT2D eigenvalue weighted by Gasteiger charge is -2.22. The molecule has 2 rings (SSSR count). The molecule has 5 heteroatoms. The standard InChI is InChI=1S/C16H16N2O3/c1-12-2-4-14(5-3-12)18(11-8-15(19)20)16(21)13-6-9-17-10-7-13/h2-7,9-10H,8,11H2,1H3,(H,19,20). The van der Waals surface area contributed by atoms with Crippen molar-refractivity contribution in [2.75, 3.05) is 11.4 Å². The lowest BCUT2D eigenvalue weighted by atomic mass is 10.1. The zero-order valence-corrected chi connectivity index (χ0v) is 11.7. The van der Waals surface area contributed by atoms with E-state index in [1.54, 1.807) is 12.1 Å². The molecule has 0 aliphatic carbocycles. The minimum absolute atomic E-state index is 0.106. The van der Waals surface area contributed by atoms with Crippen LogP contribution in [0.3, 0.4) is 0 Å². The summed E-state index contributed by atoms with van der Waals surface area (Å²) in [4.78, 5) is 28.7. The quantitative estimate of drug-likeness (QED) is 0.915. The Morgan fingerprint density at radius 2 is 1.71 bits per heavy atom. The number of hydrogen-bond donors (Lipinski definition) is 1. The Morgan fingerprint density at radius 1 is 1.10 bits per heavy atom. The third-order valence-electron chi connectivity index (χ3n) is 3.07. The smallest absolute Gasteiger partial charge is 0.305 e. The number of aliphatic carboxylic acids is 1. The maximum atomic E-state index is 12.5. The Kier molecular flexibility index (Phi) is 4.66. The molecule has 5 nitrogen and oxygen atoms in total. The van der Waals surface area contributed by atoms with E-state index in [0.717, 1.165) is 5.56 Å². The van der Waals surface area contributed by atoms with Crippen molar-refractivity contribution in [1.82, 2.24) is 4.98 Å². The van der Waals surface area contributed by atoms with Crippen LogP contribution in [0, 0.1) is 6.92 Å². The molecule has 2 aromatic rings. The van der Waals surface area contributed by atoms with E-state index in [1.807, 2.05) is 31.2 Å². The van der Waals surface area contributed by atoms with E-state index in [4.69, 9.17) is 5.11 Å². The van der Waals surface area contributed by atoms with Crippen molar-refractivity contribution in [3.05, 3.63) is 59.9 Å². The van der Waals surface area contributed by atoms with Crippen LogP contribution in [-0.2, 0) is 4.79 Å². The number of anilines is 1. The van der Waals surface area contributed by atoms with Crippen LogP contribution in [0.2, 0.25) is 0 Å². The molecule has 0 spiro atoms. The van der Waals surface area contributed by atoms with Crippen molar-refractivity contribution >= 4 is 17.6 Å². The number of benzene rings is 1. The van der Waals surface area contributed by atoms with Gasteiger partial charge in [-0.3, -0.25) is 14.6 Å². The lowest BCUT2D eigenvalue weighted by Crippen LogP contribution is -2.33. The van der Waals surface area contributed by atoms with E-state index >= 15 is 0 Å². The number of carbonyl (C=O) groups excluding carboxylic acids is 1. The molecule has 1 aromatic carbocycles. The molecule has 0 saturated heterocycles. The van der Waals surface area contributed by atoms with E-state index < -0.39 is 5.97 Å². The van der Waals surface area contributed by atoms with Crippen molar-refractivity contribution in [1.29, 1.82) is 0 Å². The summed E-state index contributed by atoms with van der Waals surface area (Å²) < 4.78 is 0. The maximum absolute atomic E-state index is 12.5. The highest BCUT2D eigenvalue weighted by Gasteiger charge is 2.18. The third kappa shape index (κ3) is 3.89. The van der Waals surface area contributed by atoms with Crippen molar-refractivity contribution < 1.29 is 14.7 Å². The van der Waals surface area contributed by atoms with Gasteiger partial charge in [-0.15, -0.1) is 0 Å². The topological polar surface area (TPSA) is 70.5 Å². The minimum atomic E-state index is -0.936. The molecule has 1 amide bonds. The number of hydrogen-bond acceptors (Lipinski definition) is 3. The second kappa shape index (κ2) is 6.65. The number of aromatic nitrogens is 1. The highest BCUT2D eigenvalue weighted by atomic mass is 16.4. The molecule has 0 aliphatic rings. The van der Waals surface area contributed by atoms with Crippen LogP contribution in [0.4, 0.5) is 5.69 Å². The van der Waals surface area contributed by atoms with Crippen LogP contribution >= 0.6 is 0 Å². The summed E-state index contributed by atoms with van der Waals surface area (Å²) >= 11 is 0. The average molecular weight is 284 g/mol. The number of amides is 1. The van der Waals surface area contributed by atoms with Crippen LogP contribution in [0.25, 0.3) is 0 Å². The summed E-state index contributed by atoms with van der Waals surface area (Å²) in [6.45, 7) is 2.08. The summed E-state index contributed by atoms with van der Waals surface area (Å²) in [5.74, 6) is -1.17. The van der Waals surface area contributed by atoms with Crippen molar-refractivity contribution in [3.63, 3.8) is 0 Å². The van der Waals surface area contributed by atoms with Gasteiger partial charge < -0.3 is 10.0 Å². The number of carboxylic acid groups (broad SMARTS) is 1.